The summed E-state index contributed by atoms with van der Waals surface area (Å²) in [6, 6.07) is 12.5. The first-order valence-corrected chi connectivity index (χ1v) is 6.39. The maximum Gasteiger partial charge on any atom is 0.339 e. The number of carboxylic acids is 1. The molecule has 0 radical (unpaired) electrons. The summed E-state index contributed by atoms with van der Waals surface area (Å²) in [5, 5.41) is 18.8. The molecule has 0 aromatic heterocycles. The van der Waals surface area contributed by atoms with E-state index in [9.17, 15) is 19.8 Å². The smallest absolute Gasteiger partial charge is 0.339 e. The summed E-state index contributed by atoms with van der Waals surface area (Å²) in [5.41, 5.74) is 1.25. The Morgan fingerprint density at radius 1 is 1.05 bits per heavy atom. The van der Waals surface area contributed by atoms with Gasteiger partial charge in [0.05, 0.1) is 5.56 Å². The number of hydrogen-bond acceptors (Lipinski definition) is 4. The molecule has 0 saturated carbocycles. The van der Waals surface area contributed by atoms with Crippen LogP contribution in [0.25, 0.3) is 0 Å². The third kappa shape index (κ3) is 2.23. The Labute approximate surface area is 120 Å². The van der Waals surface area contributed by atoms with Crippen molar-refractivity contribution >= 4 is 11.9 Å². The van der Waals surface area contributed by atoms with E-state index in [1.807, 2.05) is 0 Å². The van der Waals surface area contributed by atoms with Gasteiger partial charge in [-0.1, -0.05) is 30.3 Å². The third-order valence-electron chi connectivity index (χ3n) is 3.54. The zero-order valence-corrected chi connectivity index (χ0v) is 10.9. The van der Waals surface area contributed by atoms with Gasteiger partial charge in [-0.2, -0.15) is 0 Å². The first-order chi connectivity index (χ1) is 10.1. The summed E-state index contributed by atoms with van der Waals surface area (Å²) < 4.78 is 5.31. The molecule has 2 aromatic carbocycles. The maximum atomic E-state index is 12.0. The predicted octanol–water partition coefficient (Wildman–Crippen LogP) is 2.47. The number of carbonyl (C=O) groups excluding carboxylic acids is 1. The average Bonchev–Trinajstić information content (AvgIpc) is 2.47. The molecule has 2 atom stereocenters. The quantitative estimate of drug-likeness (QED) is 0.828. The minimum atomic E-state index is -1.06. The molecule has 1 aliphatic heterocycles. The molecular weight excluding hydrogens is 272 g/mol. The molecule has 2 N–H and O–H groups in total. The van der Waals surface area contributed by atoms with Crippen molar-refractivity contribution in [1.82, 2.24) is 0 Å². The van der Waals surface area contributed by atoms with E-state index in [0.29, 0.717) is 11.1 Å². The van der Waals surface area contributed by atoms with Crippen molar-refractivity contribution in [2.45, 2.75) is 12.0 Å². The Balaban J connectivity index is 2.11. The van der Waals surface area contributed by atoms with Gasteiger partial charge >= 0.3 is 11.9 Å². The van der Waals surface area contributed by atoms with E-state index in [1.165, 1.54) is 12.1 Å². The van der Waals surface area contributed by atoms with Crippen LogP contribution in [-0.2, 0) is 9.53 Å². The number of carboxylic acid groups (broad SMARTS) is 1. The van der Waals surface area contributed by atoms with Gasteiger partial charge in [-0.25, -0.2) is 4.79 Å². The Bertz CT molecular complexity index is 705. The number of aromatic hydroxyl groups is 1. The molecule has 0 saturated heterocycles. The van der Waals surface area contributed by atoms with Gasteiger partial charge in [-0.3, -0.25) is 4.79 Å². The fourth-order valence-corrected chi connectivity index (χ4v) is 2.55. The standard InChI is InChI=1S/C16H12O5/c17-10-7-5-9(6-8-10)14-13(15(18)19)11-3-1-2-4-12(11)16(20)21-14/h1-8,13-14,17H,(H,18,19)/t13-,14+/m0/s1. The largest absolute Gasteiger partial charge is 0.508 e. The molecule has 1 aliphatic rings. The van der Waals surface area contributed by atoms with Crippen LogP contribution in [0, 0.1) is 0 Å². The molecule has 5 nitrogen and oxygen atoms in total. The molecule has 3 rings (SSSR count). The summed E-state index contributed by atoms with van der Waals surface area (Å²) >= 11 is 0. The molecule has 1 heterocycles. The Kier molecular flexibility index (Phi) is 3.10. The number of rotatable bonds is 2. The molecular formula is C16H12O5. The van der Waals surface area contributed by atoms with E-state index >= 15 is 0 Å². The van der Waals surface area contributed by atoms with Crippen molar-refractivity contribution in [3.63, 3.8) is 0 Å². The van der Waals surface area contributed by atoms with Crippen molar-refractivity contribution in [2.75, 3.05) is 0 Å². The zero-order chi connectivity index (χ0) is 15.0. The monoisotopic (exact) mass is 284 g/mol. The number of hydrogen-bond donors (Lipinski definition) is 2. The van der Waals surface area contributed by atoms with Crippen LogP contribution in [0.4, 0.5) is 0 Å². The second kappa shape index (κ2) is 4.94. The van der Waals surface area contributed by atoms with Gasteiger partial charge < -0.3 is 14.9 Å². The van der Waals surface area contributed by atoms with E-state index in [-0.39, 0.29) is 11.3 Å². The highest BCUT2D eigenvalue weighted by atomic mass is 16.5. The van der Waals surface area contributed by atoms with Crippen molar-refractivity contribution < 1.29 is 24.5 Å². The van der Waals surface area contributed by atoms with Gasteiger partial charge in [0.2, 0.25) is 0 Å². The highest BCUT2D eigenvalue weighted by Crippen LogP contribution is 2.41. The number of carbonyl (C=O) groups is 2. The lowest BCUT2D eigenvalue weighted by molar-refractivity contribution is -0.142. The number of ether oxygens (including phenoxy) is 1. The van der Waals surface area contributed by atoms with Crippen LogP contribution >= 0.6 is 0 Å². The number of aliphatic carboxylic acids is 1. The van der Waals surface area contributed by atoms with Gasteiger partial charge in [0.25, 0.3) is 0 Å². The van der Waals surface area contributed by atoms with Crippen LogP contribution in [0.3, 0.4) is 0 Å². The molecule has 2 aromatic rings. The molecule has 0 fully saturated rings. The van der Waals surface area contributed by atoms with Crippen LogP contribution < -0.4 is 0 Å². The number of phenolic OH excluding ortho intramolecular Hbond substituents is 1. The van der Waals surface area contributed by atoms with E-state index < -0.39 is 24.0 Å². The van der Waals surface area contributed by atoms with E-state index in [1.54, 1.807) is 36.4 Å². The molecule has 5 heteroatoms. The minimum absolute atomic E-state index is 0.0631. The number of benzene rings is 2. The van der Waals surface area contributed by atoms with E-state index in [2.05, 4.69) is 0 Å². The SMILES string of the molecule is O=C1O[C@H](c2ccc(O)cc2)[C@@H](C(=O)O)c2ccccc21. The fourth-order valence-electron chi connectivity index (χ4n) is 2.55. The van der Waals surface area contributed by atoms with Crippen LogP contribution in [0.1, 0.15) is 33.5 Å². The lowest BCUT2D eigenvalue weighted by Gasteiger charge is -2.30. The van der Waals surface area contributed by atoms with Crippen LogP contribution in [0.2, 0.25) is 0 Å². The molecule has 0 unspecified atom stereocenters. The number of phenols is 1. The lowest BCUT2D eigenvalue weighted by Crippen LogP contribution is -2.31. The number of esters is 1. The van der Waals surface area contributed by atoms with E-state index in [4.69, 9.17) is 4.74 Å². The molecule has 0 aliphatic carbocycles. The summed E-state index contributed by atoms with van der Waals surface area (Å²) in [5.74, 6) is -2.51. The normalized spacial score (nSPS) is 20.5. The van der Waals surface area contributed by atoms with Gasteiger partial charge in [-0.05, 0) is 29.3 Å². The van der Waals surface area contributed by atoms with E-state index in [0.717, 1.165) is 0 Å². The molecule has 21 heavy (non-hydrogen) atoms. The molecule has 0 spiro atoms. The second-order valence-electron chi connectivity index (χ2n) is 4.82. The average molecular weight is 284 g/mol. The third-order valence-corrected chi connectivity index (χ3v) is 3.54. The second-order valence-corrected chi connectivity index (χ2v) is 4.82. The minimum Gasteiger partial charge on any atom is -0.508 e. The zero-order valence-electron chi connectivity index (χ0n) is 10.9. The fraction of sp³-hybridized carbons (Fsp3) is 0.125. The molecule has 106 valence electrons. The molecule has 0 amide bonds. The number of cyclic esters (lactones) is 1. The predicted molar refractivity (Wildman–Crippen MR) is 73.1 cm³/mol. The maximum absolute atomic E-state index is 12.0. The lowest BCUT2D eigenvalue weighted by atomic mass is 9.84. The van der Waals surface area contributed by atoms with Crippen LogP contribution in [-0.4, -0.2) is 22.2 Å². The van der Waals surface area contributed by atoms with Crippen LogP contribution in [0.5, 0.6) is 5.75 Å². The first kappa shape index (κ1) is 13.2. The van der Waals surface area contributed by atoms with Crippen LogP contribution in [0.15, 0.2) is 48.5 Å². The first-order valence-electron chi connectivity index (χ1n) is 6.39. The van der Waals surface area contributed by atoms with Crippen molar-refractivity contribution in [1.29, 1.82) is 0 Å². The van der Waals surface area contributed by atoms with Gasteiger partial charge in [0, 0.05) is 0 Å². The Hall–Kier alpha value is -2.82. The van der Waals surface area contributed by atoms with Gasteiger partial charge in [-0.15, -0.1) is 0 Å². The summed E-state index contributed by atoms with van der Waals surface area (Å²) in [4.78, 5) is 23.7. The summed E-state index contributed by atoms with van der Waals surface area (Å²) in [7, 11) is 0. The van der Waals surface area contributed by atoms with Crippen molar-refractivity contribution in [2.24, 2.45) is 0 Å². The topological polar surface area (TPSA) is 83.8 Å². The summed E-state index contributed by atoms with van der Waals surface area (Å²) in [6.45, 7) is 0. The Morgan fingerprint density at radius 3 is 2.38 bits per heavy atom. The highest BCUT2D eigenvalue weighted by Gasteiger charge is 2.40. The molecule has 0 bridgehead atoms. The van der Waals surface area contributed by atoms with Crippen molar-refractivity contribution in [3.8, 4) is 5.75 Å². The van der Waals surface area contributed by atoms with Gasteiger partial charge in [0.15, 0.2) is 0 Å². The number of fused-ring (bicyclic) bond motifs is 1. The highest BCUT2D eigenvalue weighted by molar-refractivity contribution is 5.96. The van der Waals surface area contributed by atoms with Gasteiger partial charge in [0.1, 0.15) is 17.8 Å². The van der Waals surface area contributed by atoms with Crippen molar-refractivity contribution in [3.05, 3.63) is 65.2 Å². The summed E-state index contributed by atoms with van der Waals surface area (Å²) in [6.07, 6.45) is -0.912. The Morgan fingerprint density at radius 2 is 1.71 bits per heavy atom.